The molecule has 0 spiro atoms. The van der Waals surface area contributed by atoms with Crippen molar-refractivity contribution in [3.8, 4) is 0 Å². The maximum absolute atomic E-state index is 7.81. The zero-order valence-electron chi connectivity index (χ0n) is 9.70. The van der Waals surface area contributed by atoms with E-state index in [9.17, 15) is 0 Å². The molecule has 1 aromatic rings. The lowest BCUT2D eigenvalue weighted by atomic mass is 10.1. The first-order chi connectivity index (χ1) is 6.95. The van der Waals surface area contributed by atoms with Crippen LogP contribution in [0.2, 0.25) is 0 Å². The van der Waals surface area contributed by atoms with E-state index in [0.717, 1.165) is 16.8 Å². The second kappa shape index (κ2) is 4.31. The number of hydrazine groups is 1. The number of rotatable bonds is 1. The molecule has 0 saturated carbocycles. The van der Waals surface area contributed by atoms with Gasteiger partial charge in [-0.3, -0.25) is 5.41 Å². The molecule has 0 heterocycles. The van der Waals surface area contributed by atoms with E-state index in [1.165, 1.54) is 5.01 Å². The van der Waals surface area contributed by atoms with E-state index < -0.39 is 0 Å². The van der Waals surface area contributed by atoms with Crippen molar-refractivity contribution in [1.29, 1.82) is 5.41 Å². The molecule has 1 rings (SSSR count). The Labute approximate surface area is 90.8 Å². The Balaban J connectivity index is 3.11. The predicted octanol–water partition coefficient (Wildman–Crippen LogP) is 1.48. The lowest BCUT2D eigenvalue weighted by Gasteiger charge is -2.26. The second-order valence-electron chi connectivity index (χ2n) is 3.83. The lowest BCUT2D eigenvalue weighted by Crippen LogP contribution is -2.45. The van der Waals surface area contributed by atoms with Crippen LogP contribution < -0.4 is 10.9 Å². The van der Waals surface area contributed by atoms with Crippen LogP contribution in [-0.2, 0) is 0 Å². The van der Waals surface area contributed by atoms with Crippen LogP contribution in [0.3, 0.4) is 0 Å². The summed E-state index contributed by atoms with van der Waals surface area (Å²) in [6.07, 6.45) is 0. The average Bonchev–Trinajstić information content (AvgIpc) is 2.15. The lowest BCUT2D eigenvalue weighted by molar-refractivity contribution is 0.598. The minimum atomic E-state index is 0.271. The van der Waals surface area contributed by atoms with Gasteiger partial charge in [0.05, 0.1) is 5.69 Å². The Morgan fingerprint density at radius 2 is 1.67 bits per heavy atom. The standard InChI is InChI=1S/C11H18N4/c1-8-6-5-7-9(2)10(8)15(13)11(12)14(3)4/h5-7,12H,13H2,1-4H3. The maximum atomic E-state index is 7.81. The summed E-state index contributed by atoms with van der Waals surface area (Å²) in [5.41, 5.74) is 3.05. The second-order valence-corrected chi connectivity index (χ2v) is 3.83. The fourth-order valence-electron chi connectivity index (χ4n) is 1.51. The first-order valence-corrected chi connectivity index (χ1v) is 4.82. The van der Waals surface area contributed by atoms with Crippen molar-refractivity contribution in [2.75, 3.05) is 19.1 Å². The molecule has 0 bridgehead atoms. The molecular formula is C11H18N4. The zero-order chi connectivity index (χ0) is 11.6. The monoisotopic (exact) mass is 206 g/mol. The molecule has 0 fully saturated rings. The van der Waals surface area contributed by atoms with Crippen molar-refractivity contribution < 1.29 is 0 Å². The molecular weight excluding hydrogens is 188 g/mol. The van der Waals surface area contributed by atoms with Crippen molar-refractivity contribution in [2.24, 2.45) is 5.84 Å². The number of guanidine groups is 1. The minimum absolute atomic E-state index is 0.271. The van der Waals surface area contributed by atoms with Crippen LogP contribution >= 0.6 is 0 Å². The van der Waals surface area contributed by atoms with Gasteiger partial charge in [-0.2, -0.15) is 0 Å². The molecule has 0 atom stereocenters. The van der Waals surface area contributed by atoms with Gasteiger partial charge >= 0.3 is 0 Å². The van der Waals surface area contributed by atoms with Gasteiger partial charge in [-0.05, 0) is 25.0 Å². The Bertz CT molecular complexity index is 351. The summed E-state index contributed by atoms with van der Waals surface area (Å²) in [4.78, 5) is 1.67. The van der Waals surface area contributed by atoms with E-state index in [0.29, 0.717) is 0 Å². The summed E-state index contributed by atoms with van der Waals surface area (Å²) in [5, 5.41) is 9.21. The van der Waals surface area contributed by atoms with Gasteiger partial charge in [-0.1, -0.05) is 18.2 Å². The van der Waals surface area contributed by atoms with E-state index in [-0.39, 0.29) is 5.96 Å². The average molecular weight is 206 g/mol. The van der Waals surface area contributed by atoms with Crippen LogP contribution in [0.25, 0.3) is 0 Å². The fraction of sp³-hybridized carbons (Fsp3) is 0.364. The van der Waals surface area contributed by atoms with Gasteiger partial charge in [0.1, 0.15) is 0 Å². The van der Waals surface area contributed by atoms with Crippen LogP contribution in [0.15, 0.2) is 18.2 Å². The number of aryl methyl sites for hydroxylation is 2. The molecule has 4 heteroatoms. The SMILES string of the molecule is Cc1cccc(C)c1N(N)C(=N)N(C)C. The van der Waals surface area contributed by atoms with Crippen LogP contribution in [0, 0.1) is 19.3 Å². The summed E-state index contributed by atoms with van der Waals surface area (Å²) in [6.45, 7) is 3.98. The van der Waals surface area contributed by atoms with Gasteiger partial charge in [-0.15, -0.1) is 0 Å². The summed E-state index contributed by atoms with van der Waals surface area (Å²) in [6, 6.07) is 5.97. The van der Waals surface area contributed by atoms with Crippen LogP contribution in [0.1, 0.15) is 11.1 Å². The van der Waals surface area contributed by atoms with Crippen molar-refractivity contribution >= 4 is 11.6 Å². The number of hydrogen-bond donors (Lipinski definition) is 2. The Kier molecular flexibility index (Phi) is 3.31. The Morgan fingerprint density at radius 1 is 1.20 bits per heavy atom. The molecule has 0 aromatic heterocycles. The molecule has 3 N–H and O–H groups in total. The third-order valence-electron chi connectivity index (χ3n) is 2.33. The quantitative estimate of drug-likeness (QED) is 0.317. The normalized spacial score (nSPS) is 9.93. The summed E-state index contributed by atoms with van der Waals surface area (Å²) >= 11 is 0. The smallest absolute Gasteiger partial charge is 0.212 e. The minimum Gasteiger partial charge on any atom is -0.348 e. The van der Waals surface area contributed by atoms with Crippen molar-refractivity contribution in [1.82, 2.24) is 4.90 Å². The van der Waals surface area contributed by atoms with Crippen LogP contribution in [-0.4, -0.2) is 25.0 Å². The highest BCUT2D eigenvalue weighted by Crippen LogP contribution is 2.22. The van der Waals surface area contributed by atoms with Crippen LogP contribution in [0.4, 0.5) is 5.69 Å². The maximum Gasteiger partial charge on any atom is 0.212 e. The van der Waals surface area contributed by atoms with Crippen molar-refractivity contribution in [3.63, 3.8) is 0 Å². The van der Waals surface area contributed by atoms with E-state index in [1.54, 1.807) is 19.0 Å². The summed E-state index contributed by atoms with van der Waals surface area (Å²) in [5.74, 6) is 6.18. The third-order valence-corrected chi connectivity index (χ3v) is 2.33. The third kappa shape index (κ3) is 2.27. The largest absolute Gasteiger partial charge is 0.348 e. The number of nitrogens with two attached hydrogens (primary N) is 1. The highest BCUT2D eigenvalue weighted by atomic mass is 15.5. The molecule has 15 heavy (non-hydrogen) atoms. The number of nitrogens with one attached hydrogen (secondary N) is 1. The van der Waals surface area contributed by atoms with E-state index in [4.69, 9.17) is 11.3 Å². The van der Waals surface area contributed by atoms with Gasteiger partial charge in [0.2, 0.25) is 5.96 Å². The van der Waals surface area contributed by atoms with Crippen molar-refractivity contribution in [3.05, 3.63) is 29.3 Å². The Hall–Kier alpha value is -1.55. The number of nitrogens with zero attached hydrogens (tertiary/aromatic N) is 2. The summed E-state index contributed by atoms with van der Waals surface area (Å²) < 4.78 is 0. The van der Waals surface area contributed by atoms with Crippen LogP contribution in [0.5, 0.6) is 0 Å². The topological polar surface area (TPSA) is 56.4 Å². The van der Waals surface area contributed by atoms with Gasteiger partial charge in [0, 0.05) is 14.1 Å². The molecule has 0 radical (unpaired) electrons. The fourth-order valence-corrected chi connectivity index (χ4v) is 1.51. The van der Waals surface area contributed by atoms with E-state index >= 15 is 0 Å². The molecule has 0 saturated heterocycles. The molecule has 0 aliphatic heterocycles. The van der Waals surface area contributed by atoms with Gasteiger partial charge in [0.15, 0.2) is 0 Å². The Morgan fingerprint density at radius 3 is 2.07 bits per heavy atom. The predicted molar refractivity (Wildman–Crippen MR) is 64.0 cm³/mol. The van der Waals surface area contributed by atoms with Gasteiger partial charge in [-0.25, -0.2) is 10.9 Å². The first-order valence-electron chi connectivity index (χ1n) is 4.82. The molecule has 82 valence electrons. The van der Waals surface area contributed by atoms with Gasteiger partial charge < -0.3 is 4.90 Å². The van der Waals surface area contributed by atoms with E-state index in [1.807, 2.05) is 32.0 Å². The first kappa shape index (κ1) is 11.5. The molecule has 4 nitrogen and oxygen atoms in total. The van der Waals surface area contributed by atoms with Gasteiger partial charge in [0.25, 0.3) is 0 Å². The molecule has 0 unspecified atom stereocenters. The highest BCUT2D eigenvalue weighted by molar-refractivity contribution is 5.93. The molecule has 0 aliphatic rings. The highest BCUT2D eigenvalue weighted by Gasteiger charge is 2.13. The summed E-state index contributed by atoms with van der Waals surface area (Å²) in [7, 11) is 3.60. The zero-order valence-corrected chi connectivity index (χ0v) is 9.70. The van der Waals surface area contributed by atoms with Crippen molar-refractivity contribution in [2.45, 2.75) is 13.8 Å². The van der Waals surface area contributed by atoms with E-state index in [2.05, 4.69) is 0 Å². The number of hydrogen-bond acceptors (Lipinski definition) is 2. The number of para-hydroxylation sites is 1. The number of benzene rings is 1. The molecule has 1 aromatic carbocycles. The molecule has 0 aliphatic carbocycles. The molecule has 0 amide bonds. The number of anilines is 1.